The number of rotatable bonds is 7. The number of halogens is 2. The van der Waals surface area contributed by atoms with Crippen molar-refractivity contribution in [1.29, 1.82) is 0 Å². The van der Waals surface area contributed by atoms with Crippen molar-refractivity contribution in [2.75, 3.05) is 13.2 Å². The Labute approximate surface area is 142 Å². The lowest BCUT2D eigenvalue weighted by molar-refractivity contribution is 0.0696. The van der Waals surface area contributed by atoms with Gasteiger partial charge in [0.05, 0.1) is 5.56 Å². The minimum atomic E-state index is -4.20. The van der Waals surface area contributed by atoms with Gasteiger partial charge < -0.3 is 9.84 Å². The number of hydrogen-bond acceptors (Lipinski definition) is 4. The van der Waals surface area contributed by atoms with Gasteiger partial charge in [0.1, 0.15) is 23.1 Å². The van der Waals surface area contributed by atoms with Crippen LogP contribution in [0.4, 0.5) is 4.39 Å². The summed E-state index contributed by atoms with van der Waals surface area (Å²) in [5.74, 6) is -1.89. The molecule has 0 unspecified atom stereocenters. The second-order valence-electron chi connectivity index (χ2n) is 4.65. The van der Waals surface area contributed by atoms with Crippen LogP contribution < -0.4 is 9.46 Å². The number of carbonyl (C=O) groups is 1. The van der Waals surface area contributed by atoms with Crippen LogP contribution in [0, 0.1) is 5.82 Å². The summed E-state index contributed by atoms with van der Waals surface area (Å²) in [6, 6.07) is 9.02. The maximum absolute atomic E-state index is 13.7. The number of aromatic carboxylic acids is 1. The summed E-state index contributed by atoms with van der Waals surface area (Å²) < 4.78 is 45.3. The van der Waals surface area contributed by atoms with E-state index in [0.717, 1.165) is 18.2 Å². The Morgan fingerprint density at radius 1 is 1.21 bits per heavy atom. The quantitative estimate of drug-likeness (QED) is 0.727. The molecule has 0 amide bonds. The maximum atomic E-state index is 13.7. The summed E-state index contributed by atoms with van der Waals surface area (Å²) in [6.07, 6.45) is 0. The van der Waals surface area contributed by atoms with E-state index in [4.69, 9.17) is 21.4 Å². The van der Waals surface area contributed by atoms with E-state index in [-0.39, 0.29) is 18.7 Å². The van der Waals surface area contributed by atoms with Gasteiger partial charge in [-0.2, -0.15) is 0 Å². The van der Waals surface area contributed by atoms with Crippen LogP contribution in [0.25, 0.3) is 0 Å². The predicted octanol–water partition coefficient (Wildman–Crippen LogP) is 2.53. The largest absolute Gasteiger partial charge is 0.492 e. The van der Waals surface area contributed by atoms with Gasteiger partial charge in [0.15, 0.2) is 0 Å². The first kappa shape index (κ1) is 18.2. The van der Waals surface area contributed by atoms with Crippen molar-refractivity contribution in [1.82, 2.24) is 4.72 Å². The zero-order valence-corrected chi connectivity index (χ0v) is 13.8. The highest BCUT2D eigenvalue weighted by Gasteiger charge is 2.20. The van der Waals surface area contributed by atoms with Crippen LogP contribution in [0.15, 0.2) is 47.4 Å². The van der Waals surface area contributed by atoms with Crippen LogP contribution in [0.1, 0.15) is 10.4 Å². The molecule has 0 atom stereocenters. The number of benzene rings is 2. The fraction of sp³-hybridized carbons (Fsp3) is 0.133. The van der Waals surface area contributed by atoms with Gasteiger partial charge in [0.25, 0.3) is 0 Å². The first-order chi connectivity index (χ1) is 11.3. The van der Waals surface area contributed by atoms with Gasteiger partial charge in [-0.15, -0.1) is 0 Å². The second kappa shape index (κ2) is 7.61. The summed E-state index contributed by atoms with van der Waals surface area (Å²) >= 11 is 5.73. The van der Waals surface area contributed by atoms with Crippen LogP contribution in [0.2, 0.25) is 5.02 Å². The average molecular weight is 374 g/mol. The smallest absolute Gasteiger partial charge is 0.335 e. The molecule has 0 saturated heterocycles. The molecule has 9 heteroatoms. The molecule has 6 nitrogen and oxygen atoms in total. The summed E-state index contributed by atoms with van der Waals surface area (Å²) in [5.41, 5.74) is -0.325. The monoisotopic (exact) mass is 373 g/mol. The summed E-state index contributed by atoms with van der Waals surface area (Å²) in [6.45, 7) is -0.122. The molecule has 0 bridgehead atoms. The van der Waals surface area contributed by atoms with E-state index in [1.807, 2.05) is 0 Å². The molecule has 0 radical (unpaired) electrons. The van der Waals surface area contributed by atoms with Crippen LogP contribution >= 0.6 is 11.6 Å². The molecule has 0 aromatic heterocycles. The molecule has 0 aliphatic carbocycles. The zero-order valence-electron chi connectivity index (χ0n) is 12.2. The van der Waals surface area contributed by atoms with Crippen molar-refractivity contribution in [3.8, 4) is 5.75 Å². The van der Waals surface area contributed by atoms with Gasteiger partial charge >= 0.3 is 5.97 Å². The lowest BCUT2D eigenvalue weighted by atomic mass is 10.2. The maximum Gasteiger partial charge on any atom is 0.335 e. The Bertz CT molecular complexity index is 839. The van der Waals surface area contributed by atoms with E-state index in [0.29, 0.717) is 10.8 Å². The highest BCUT2D eigenvalue weighted by molar-refractivity contribution is 7.89. The van der Waals surface area contributed by atoms with E-state index in [1.54, 1.807) is 24.3 Å². The molecule has 0 heterocycles. The molecule has 2 rings (SSSR count). The third-order valence-corrected chi connectivity index (χ3v) is 4.67. The molecule has 0 fully saturated rings. The average Bonchev–Trinajstić information content (AvgIpc) is 2.53. The van der Waals surface area contributed by atoms with Crippen molar-refractivity contribution in [3.05, 3.63) is 58.9 Å². The number of carboxylic acids is 1. The van der Waals surface area contributed by atoms with Crippen LogP contribution in [-0.4, -0.2) is 32.6 Å². The molecule has 2 N–H and O–H groups in total. The number of hydrogen-bond donors (Lipinski definition) is 2. The SMILES string of the molecule is O=C(O)c1ccc(F)c(S(=O)(=O)NCCOc2ccc(Cl)cc2)c1. The van der Waals surface area contributed by atoms with Gasteiger partial charge in [-0.05, 0) is 42.5 Å². The normalized spacial score (nSPS) is 11.2. The van der Waals surface area contributed by atoms with Crippen LogP contribution in [0.5, 0.6) is 5.75 Å². The third kappa shape index (κ3) is 4.67. The van der Waals surface area contributed by atoms with Gasteiger partial charge in [-0.25, -0.2) is 22.3 Å². The standard InChI is InChI=1S/C15H13ClFNO5S/c16-11-2-4-12(5-3-11)23-8-7-18-24(21,22)14-9-10(15(19)20)1-6-13(14)17/h1-6,9,18H,7-8H2,(H,19,20). The lowest BCUT2D eigenvalue weighted by Crippen LogP contribution is -2.29. The van der Waals surface area contributed by atoms with Crippen molar-refractivity contribution < 1.29 is 27.4 Å². The van der Waals surface area contributed by atoms with Crippen molar-refractivity contribution in [2.45, 2.75) is 4.90 Å². The van der Waals surface area contributed by atoms with Crippen molar-refractivity contribution >= 4 is 27.6 Å². The van der Waals surface area contributed by atoms with Gasteiger partial charge in [0.2, 0.25) is 10.0 Å². The van der Waals surface area contributed by atoms with Gasteiger partial charge in [-0.1, -0.05) is 11.6 Å². The van der Waals surface area contributed by atoms with Gasteiger partial charge in [0, 0.05) is 11.6 Å². The Kier molecular flexibility index (Phi) is 5.76. The molecule has 2 aromatic rings. The number of nitrogens with one attached hydrogen (secondary N) is 1. The van der Waals surface area contributed by atoms with Crippen molar-refractivity contribution in [2.24, 2.45) is 0 Å². The molecule has 128 valence electrons. The Hall–Kier alpha value is -2.16. The molecule has 0 aliphatic heterocycles. The van der Waals surface area contributed by atoms with E-state index in [9.17, 15) is 17.6 Å². The number of ether oxygens (including phenoxy) is 1. The summed E-state index contributed by atoms with van der Waals surface area (Å²) in [4.78, 5) is 10.1. The second-order valence-corrected chi connectivity index (χ2v) is 6.82. The highest BCUT2D eigenvalue weighted by atomic mass is 35.5. The first-order valence-electron chi connectivity index (χ1n) is 6.70. The van der Waals surface area contributed by atoms with E-state index < -0.39 is 26.7 Å². The molecule has 0 spiro atoms. The highest BCUT2D eigenvalue weighted by Crippen LogP contribution is 2.17. The minimum absolute atomic E-state index is 0.00109. The van der Waals surface area contributed by atoms with E-state index >= 15 is 0 Å². The number of carboxylic acid groups (broad SMARTS) is 1. The Morgan fingerprint density at radius 2 is 1.88 bits per heavy atom. The summed E-state index contributed by atoms with van der Waals surface area (Å²) in [7, 11) is -4.20. The van der Waals surface area contributed by atoms with E-state index in [1.165, 1.54) is 0 Å². The summed E-state index contributed by atoms with van der Waals surface area (Å²) in [5, 5.41) is 9.40. The fourth-order valence-corrected chi connectivity index (χ4v) is 3.04. The zero-order chi connectivity index (χ0) is 17.7. The Balaban J connectivity index is 2.00. The molecular weight excluding hydrogens is 361 g/mol. The molecular formula is C15H13ClFNO5S. The van der Waals surface area contributed by atoms with Crippen LogP contribution in [-0.2, 0) is 10.0 Å². The van der Waals surface area contributed by atoms with Gasteiger partial charge in [-0.3, -0.25) is 0 Å². The van der Waals surface area contributed by atoms with E-state index in [2.05, 4.69) is 4.72 Å². The van der Waals surface area contributed by atoms with Crippen LogP contribution in [0.3, 0.4) is 0 Å². The third-order valence-electron chi connectivity index (χ3n) is 2.94. The molecule has 0 aliphatic rings. The fourth-order valence-electron chi connectivity index (χ4n) is 1.80. The first-order valence-corrected chi connectivity index (χ1v) is 8.56. The molecule has 2 aromatic carbocycles. The predicted molar refractivity (Wildman–Crippen MR) is 85.5 cm³/mol. The minimum Gasteiger partial charge on any atom is -0.492 e. The molecule has 24 heavy (non-hydrogen) atoms. The van der Waals surface area contributed by atoms with Crippen molar-refractivity contribution in [3.63, 3.8) is 0 Å². The Morgan fingerprint density at radius 3 is 2.50 bits per heavy atom. The molecule has 0 saturated carbocycles. The topological polar surface area (TPSA) is 92.7 Å². The lowest BCUT2D eigenvalue weighted by Gasteiger charge is -2.10. The number of sulfonamides is 1.